The van der Waals surface area contributed by atoms with Gasteiger partial charge in [0.25, 0.3) is 5.56 Å². The van der Waals surface area contributed by atoms with Gasteiger partial charge in [0.15, 0.2) is 0 Å². The summed E-state index contributed by atoms with van der Waals surface area (Å²) < 4.78 is 1.65. The van der Waals surface area contributed by atoms with E-state index in [2.05, 4.69) is 4.98 Å². The van der Waals surface area contributed by atoms with Crippen molar-refractivity contribution in [1.29, 1.82) is 0 Å². The van der Waals surface area contributed by atoms with Crippen molar-refractivity contribution >= 4 is 22.5 Å². The number of aryl methyl sites for hydroxylation is 2. The summed E-state index contributed by atoms with van der Waals surface area (Å²) in [7, 11) is 1.77. The molecule has 0 bridgehead atoms. The molecule has 1 atom stereocenters. The summed E-state index contributed by atoms with van der Waals surface area (Å²) in [4.78, 5) is 17.1. The fourth-order valence-electron chi connectivity index (χ4n) is 3.44. The van der Waals surface area contributed by atoms with Crippen molar-refractivity contribution in [2.75, 3.05) is 0 Å². The molecule has 0 aliphatic rings. The van der Waals surface area contributed by atoms with Gasteiger partial charge in [-0.2, -0.15) is 0 Å². The van der Waals surface area contributed by atoms with E-state index in [1.807, 2.05) is 67.6 Å². The molecule has 4 aromatic rings. The summed E-state index contributed by atoms with van der Waals surface area (Å²) in [5.41, 5.74) is 11.7. The maximum atomic E-state index is 12.5. The van der Waals surface area contributed by atoms with Gasteiger partial charge in [0.1, 0.15) is 0 Å². The number of benzene rings is 2. The molecular formula is C23H20ClN3O. The number of nitrogens with two attached hydrogens (primary N) is 1. The predicted molar refractivity (Wildman–Crippen MR) is 115 cm³/mol. The third-order valence-corrected chi connectivity index (χ3v) is 5.28. The molecular weight excluding hydrogens is 370 g/mol. The SMILES string of the molecule is Cc1cccc(-c2cc(=O)n(C)c3ccc(C(N)c4ccc(Cl)cc4)cc23)n1. The van der Waals surface area contributed by atoms with E-state index in [1.54, 1.807) is 17.7 Å². The highest BCUT2D eigenvalue weighted by molar-refractivity contribution is 6.30. The normalized spacial score (nSPS) is 12.3. The first kappa shape index (κ1) is 18.4. The Morgan fingerprint density at radius 1 is 1.00 bits per heavy atom. The van der Waals surface area contributed by atoms with Crippen LogP contribution in [0, 0.1) is 6.92 Å². The minimum absolute atomic E-state index is 0.0689. The van der Waals surface area contributed by atoms with Crippen LogP contribution in [0.25, 0.3) is 22.2 Å². The lowest BCUT2D eigenvalue weighted by Crippen LogP contribution is -2.17. The van der Waals surface area contributed by atoms with Gasteiger partial charge in [-0.05, 0) is 54.4 Å². The van der Waals surface area contributed by atoms with E-state index in [0.29, 0.717) is 5.02 Å². The highest BCUT2D eigenvalue weighted by atomic mass is 35.5. The standard InChI is InChI=1S/C23H20ClN3O/c1-14-4-3-5-20(26-14)18-13-22(28)27(2)21-11-8-16(12-19(18)21)23(25)15-6-9-17(24)10-7-15/h3-13,23H,25H2,1-2H3. The average Bonchev–Trinajstić information content (AvgIpc) is 2.70. The molecule has 0 aliphatic carbocycles. The zero-order valence-electron chi connectivity index (χ0n) is 15.7. The molecule has 4 nitrogen and oxygen atoms in total. The summed E-state index contributed by atoms with van der Waals surface area (Å²) in [5.74, 6) is 0. The van der Waals surface area contributed by atoms with Crippen LogP contribution in [0.4, 0.5) is 0 Å². The number of hydrogen-bond donors (Lipinski definition) is 1. The van der Waals surface area contributed by atoms with E-state index in [-0.39, 0.29) is 11.6 Å². The van der Waals surface area contributed by atoms with Crippen LogP contribution in [-0.2, 0) is 7.05 Å². The van der Waals surface area contributed by atoms with Gasteiger partial charge in [-0.25, -0.2) is 0 Å². The van der Waals surface area contributed by atoms with Gasteiger partial charge in [0, 0.05) is 34.8 Å². The fraction of sp³-hybridized carbons (Fsp3) is 0.130. The molecule has 0 amide bonds. The number of rotatable bonds is 3. The lowest BCUT2D eigenvalue weighted by atomic mass is 9.96. The molecule has 2 aromatic heterocycles. The molecule has 2 aromatic carbocycles. The van der Waals surface area contributed by atoms with Crippen LogP contribution in [0.5, 0.6) is 0 Å². The average molecular weight is 390 g/mol. The number of nitrogens with zero attached hydrogens (tertiary/aromatic N) is 2. The van der Waals surface area contributed by atoms with Gasteiger partial charge in [0.2, 0.25) is 0 Å². The molecule has 2 heterocycles. The molecule has 5 heteroatoms. The lowest BCUT2D eigenvalue weighted by Gasteiger charge is -2.16. The third kappa shape index (κ3) is 3.33. The van der Waals surface area contributed by atoms with Crippen molar-refractivity contribution in [2.45, 2.75) is 13.0 Å². The first-order valence-corrected chi connectivity index (χ1v) is 9.40. The summed E-state index contributed by atoms with van der Waals surface area (Å²) in [5, 5.41) is 1.62. The number of fused-ring (bicyclic) bond motifs is 1. The smallest absolute Gasteiger partial charge is 0.251 e. The Labute approximate surface area is 168 Å². The predicted octanol–water partition coefficient (Wildman–Crippen LogP) is 4.61. The zero-order valence-corrected chi connectivity index (χ0v) is 16.4. The highest BCUT2D eigenvalue weighted by Gasteiger charge is 2.14. The minimum atomic E-state index is -0.294. The molecule has 2 N–H and O–H groups in total. The van der Waals surface area contributed by atoms with Gasteiger partial charge in [-0.1, -0.05) is 35.9 Å². The van der Waals surface area contributed by atoms with Crippen molar-refractivity contribution < 1.29 is 0 Å². The van der Waals surface area contributed by atoms with Crippen LogP contribution in [0.2, 0.25) is 5.02 Å². The molecule has 1 unspecified atom stereocenters. The molecule has 0 radical (unpaired) electrons. The Kier molecular flexibility index (Phi) is 4.75. The zero-order chi connectivity index (χ0) is 19.8. The van der Waals surface area contributed by atoms with Gasteiger partial charge < -0.3 is 10.3 Å². The maximum Gasteiger partial charge on any atom is 0.251 e. The molecule has 0 saturated carbocycles. The van der Waals surface area contributed by atoms with Crippen molar-refractivity contribution in [2.24, 2.45) is 12.8 Å². The molecule has 0 spiro atoms. The Morgan fingerprint density at radius 2 is 1.71 bits per heavy atom. The summed E-state index contributed by atoms with van der Waals surface area (Å²) >= 11 is 5.99. The topological polar surface area (TPSA) is 60.9 Å². The van der Waals surface area contributed by atoms with Crippen LogP contribution in [0.3, 0.4) is 0 Å². The Balaban J connectivity index is 1.92. The summed E-state index contributed by atoms with van der Waals surface area (Å²) in [6.45, 7) is 1.94. The van der Waals surface area contributed by atoms with Crippen LogP contribution >= 0.6 is 11.6 Å². The molecule has 0 saturated heterocycles. The minimum Gasteiger partial charge on any atom is -0.320 e. The molecule has 140 valence electrons. The van der Waals surface area contributed by atoms with Crippen LogP contribution in [0.1, 0.15) is 22.9 Å². The second-order valence-corrected chi connectivity index (χ2v) is 7.36. The first-order chi connectivity index (χ1) is 13.4. The highest BCUT2D eigenvalue weighted by Crippen LogP contribution is 2.30. The fourth-order valence-corrected chi connectivity index (χ4v) is 3.57. The molecule has 0 aliphatic heterocycles. The Hall–Kier alpha value is -2.95. The Morgan fingerprint density at radius 3 is 2.43 bits per heavy atom. The largest absolute Gasteiger partial charge is 0.320 e. The third-order valence-electron chi connectivity index (χ3n) is 5.02. The Bertz CT molecular complexity index is 1230. The molecule has 4 rings (SSSR count). The number of aromatic nitrogens is 2. The van der Waals surface area contributed by atoms with Gasteiger partial charge in [-0.3, -0.25) is 9.78 Å². The number of pyridine rings is 2. The van der Waals surface area contributed by atoms with E-state index in [0.717, 1.165) is 39.0 Å². The maximum absolute atomic E-state index is 12.5. The monoisotopic (exact) mass is 389 g/mol. The summed E-state index contributed by atoms with van der Waals surface area (Å²) in [6, 6.07) is 20.7. The van der Waals surface area contributed by atoms with Gasteiger partial charge >= 0.3 is 0 Å². The van der Waals surface area contributed by atoms with Crippen molar-refractivity contribution in [3.63, 3.8) is 0 Å². The molecule has 28 heavy (non-hydrogen) atoms. The van der Waals surface area contributed by atoms with Crippen LogP contribution < -0.4 is 11.3 Å². The second kappa shape index (κ2) is 7.23. The van der Waals surface area contributed by atoms with Crippen molar-refractivity contribution in [3.8, 4) is 11.3 Å². The van der Waals surface area contributed by atoms with Crippen molar-refractivity contribution in [3.05, 3.63) is 98.9 Å². The van der Waals surface area contributed by atoms with Crippen molar-refractivity contribution in [1.82, 2.24) is 9.55 Å². The van der Waals surface area contributed by atoms with Gasteiger partial charge in [0.05, 0.1) is 17.3 Å². The van der Waals surface area contributed by atoms with E-state index in [1.165, 1.54) is 0 Å². The van der Waals surface area contributed by atoms with Crippen LogP contribution in [0.15, 0.2) is 71.5 Å². The lowest BCUT2D eigenvalue weighted by molar-refractivity contribution is 0.869. The summed E-state index contributed by atoms with van der Waals surface area (Å²) in [6.07, 6.45) is 0. The van der Waals surface area contributed by atoms with E-state index >= 15 is 0 Å². The number of halogens is 1. The quantitative estimate of drug-likeness (QED) is 0.556. The molecule has 0 fully saturated rings. The van der Waals surface area contributed by atoms with E-state index in [4.69, 9.17) is 17.3 Å². The van der Waals surface area contributed by atoms with E-state index < -0.39 is 0 Å². The van der Waals surface area contributed by atoms with E-state index in [9.17, 15) is 4.79 Å². The van der Waals surface area contributed by atoms with Crippen LogP contribution in [-0.4, -0.2) is 9.55 Å². The van der Waals surface area contributed by atoms with Gasteiger partial charge in [-0.15, -0.1) is 0 Å². The second-order valence-electron chi connectivity index (χ2n) is 6.93. The number of hydrogen-bond acceptors (Lipinski definition) is 3. The first-order valence-electron chi connectivity index (χ1n) is 9.03.